The summed E-state index contributed by atoms with van der Waals surface area (Å²) in [4.78, 5) is 23.1. The largest absolute Gasteiger partial charge is 0.508 e. The number of phenols is 1. The lowest BCUT2D eigenvalue weighted by Crippen LogP contribution is -2.49. The van der Waals surface area contributed by atoms with E-state index in [0.29, 0.717) is 6.42 Å². The molecule has 1 amide bonds. The van der Waals surface area contributed by atoms with Crippen LogP contribution in [0.15, 0.2) is 24.3 Å². The van der Waals surface area contributed by atoms with E-state index in [-0.39, 0.29) is 18.1 Å². The number of aliphatic carboxylic acids is 1. The molecule has 0 spiro atoms. The van der Waals surface area contributed by atoms with Gasteiger partial charge in [0.15, 0.2) is 0 Å². The van der Waals surface area contributed by atoms with Gasteiger partial charge >= 0.3 is 5.97 Å². The Kier molecular flexibility index (Phi) is 6.17. The van der Waals surface area contributed by atoms with Gasteiger partial charge in [-0.3, -0.25) is 4.79 Å². The number of amides is 1. The molecule has 0 saturated heterocycles. The van der Waals surface area contributed by atoms with Gasteiger partial charge in [0.05, 0.1) is 6.04 Å². The summed E-state index contributed by atoms with van der Waals surface area (Å²) >= 11 is 0. The molecule has 0 heterocycles. The molecular weight excluding hydrogens is 272 g/mol. The third-order valence-corrected chi connectivity index (χ3v) is 3.05. The highest BCUT2D eigenvalue weighted by Gasteiger charge is 2.24. The number of carbonyl (C=O) groups excluding carboxylic acids is 1. The number of hydrogen-bond donors (Lipinski definition) is 4. The lowest BCUT2D eigenvalue weighted by atomic mass is 10.0. The highest BCUT2D eigenvalue weighted by atomic mass is 16.4. The van der Waals surface area contributed by atoms with Crippen LogP contribution in [-0.2, 0) is 16.0 Å². The molecule has 6 nitrogen and oxygen atoms in total. The number of rotatable bonds is 7. The molecule has 0 fully saturated rings. The van der Waals surface area contributed by atoms with Crippen molar-refractivity contribution in [2.45, 2.75) is 38.8 Å². The molecular formula is C15H22N2O4. The first-order valence-corrected chi connectivity index (χ1v) is 6.86. The molecule has 0 radical (unpaired) electrons. The summed E-state index contributed by atoms with van der Waals surface area (Å²) < 4.78 is 0. The van der Waals surface area contributed by atoms with Crippen LogP contribution in [0.2, 0.25) is 0 Å². The fourth-order valence-electron chi connectivity index (χ4n) is 1.95. The topological polar surface area (TPSA) is 113 Å². The summed E-state index contributed by atoms with van der Waals surface area (Å²) in [6.07, 6.45) is 0.632. The van der Waals surface area contributed by atoms with Gasteiger partial charge in [-0.05, 0) is 36.5 Å². The van der Waals surface area contributed by atoms with E-state index in [0.717, 1.165) is 5.56 Å². The second-order valence-corrected chi connectivity index (χ2v) is 5.51. The Morgan fingerprint density at radius 2 is 1.81 bits per heavy atom. The van der Waals surface area contributed by atoms with Crippen molar-refractivity contribution in [3.05, 3.63) is 29.8 Å². The van der Waals surface area contributed by atoms with Crippen LogP contribution in [0, 0.1) is 5.92 Å². The Morgan fingerprint density at radius 3 is 2.29 bits per heavy atom. The molecule has 6 heteroatoms. The molecule has 0 saturated carbocycles. The normalized spacial score (nSPS) is 13.7. The summed E-state index contributed by atoms with van der Waals surface area (Å²) in [7, 11) is 0. The molecule has 2 atom stereocenters. The zero-order valence-electron chi connectivity index (χ0n) is 12.2. The predicted molar refractivity (Wildman–Crippen MR) is 78.8 cm³/mol. The van der Waals surface area contributed by atoms with Crippen LogP contribution in [0.25, 0.3) is 0 Å². The molecule has 0 aliphatic rings. The van der Waals surface area contributed by atoms with E-state index in [1.807, 2.05) is 13.8 Å². The molecule has 1 unspecified atom stereocenters. The maximum absolute atomic E-state index is 12.0. The highest BCUT2D eigenvalue weighted by Crippen LogP contribution is 2.11. The summed E-state index contributed by atoms with van der Waals surface area (Å²) in [5.41, 5.74) is 6.60. The monoisotopic (exact) mass is 294 g/mol. The summed E-state index contributed by atoms with van der Waals surface area (Å²) in [6, 6.07) is 4.61. The molecule has 0 aromatic heterocycles. The van der Waals surface area contributed by atoms with Gasteiger partial charge in [0.25, 0.3) is 0 Å². The summed E-state index contributed by atoms with van der Waals surface area (Å²) in [6.45, 7) is 3.77. The second kappa shape index (κ2) is 7.64. The van der Waals surface area contributed by atoms with Crippen molar-refractivity contribution < 1.29 is 19.8 Å². The zero-order chi connectivity index (χ0) is 16.0. The third-order valence-electron chi connectivity index (χ3n) is 3.05. The highest BCUT2D eigenvalue weighted by molar-refractivity contribution is 5.86. The van der Waals surface area contributed by atoms with Crippen LogP contribution in [-0.4, -0.2) is 34.2 Å². The van der Waals surface area contributed by atoms with Crippen molar-refractivity contribution in [2.75, 3.05) is 0 Å². The van der Waals surface area contributed by atoms with Gasteiger partial charge in [-0.25, -0.2) is 4.79 Å². The van der Waals surface area contributed by atoms with E-state index in [1.165, 1.54) is 12.1 Å². The van der Waals surface area contributed by atoms with Crippen molar-refractivity contribution in [2.24, 2.45) is 11.7 Å². The number of nitrogens with two attached hydrogens (primary N) is 1. The molecule has 5 N–H and O–H groups in total. The molecule has 1 aromatic rings. The van der Waals surface area contributed by atoms with Crippen molar-refractivity contribution >= 4 is 11.9 Å². The van der Waals surface area contributed by atoms with Crippen LogP contribution >= 0.6 is 0 Å². The predicted octanol–water partition coefficient (Wildman–Crippen LogP) is 0.877. The van der Waals surface area contributed by atoms with Crippen LogP contribution in [0.1, 0.15) is 25.8 Å². The van der Waals surface area contributed by atoms with Gasteiger partial charge in [0.1, 0.15) is 11.8 Å². The van der Waals surface area contributed by atoms with E-state index < -0.39 is 24.0 Å². The Labute approximate surface area is 124 Å². The second-order valence-electron chi connectivity index (χ2n) is 5.51. The minimum absolute atomic E-state index is 0.139. The zero-order valence-corrected chi connectivity index (χ0v) is 12.2. The number of carbonyl (C=O) groups is 2. The Morgan fingerprint density at radius 1 is 1.24 bits per heavy atom. The maximum atomic E-state index is 12.0. The van der Waals surface area contributed by atoms with E-state index in [1.54, 1.807) is 12.1 Å². The van der Waals surface area contributed by atoms with Crippen LogP contribution in [0.3, 0.4) is 0 Å². The minimum atomic E-state index is -1.06. The van der Waals surface area contributed by atoms with Gasteiger partial charge in [-0.15, -0.1) is 0 Å². The summed E-state index contributed by atoms with van der Waals surface area (Å²) in [5, 5.41) is 20.7. The standard InChI is InChI=1S/C15H22N2O4/c1-9(2)7-13(15(20)21)17-14(19)12(16)8-10-3-5-11(18)6-4-10/h3-6,9,12-13,18H,7-8,16H2,1-2H3,(H,17,19)(H,20,21)/t12-,13?/m0/s1. The number of hydrogen-bond acceptors (Lipinski definition) is 4. The molecule has 116 valence electrons. The maximum Gasteiger partial charge on any atom is 0.326 e. The Hall–Kier alpha value is -2.08. The Bertz CT molecular complexity index is 485. The fourth-order valence-corrected chi connectivity index (χ4v) is 1.95. The Balaban J connectivity index is 2.60. The van der Waals surface area contributed by atoms with Crippen LogP contribution < -0.4 is 11.1 Å². The first-order valence-electron chi connectivity index (χ1n) is 6.86. The number of aromatic hydroxyl groups is 1. The van der Waals surface area contributed by atoms with E-state index in [9.17, 15) is 14.7 Å². The van der Waals surface area contributed by atoms with E-state index >= 15 is 0 Å². The number of carboxylic acids is 1. The van der Waals surface area contributed by atoms with Gasteiger partial charge in [-0.2, -0.15) is 0 Å². The van der Waals surface area contributed by atoms with Gasteiger partial charge in [0, 0.05) is 0 Å². The molecule has 0 bridgehead atoms. The molecule has 1 rings (SSSR count). The quantitative estimate of drug-likeness (QED) is 0.596. The molecule has 21 heavy (non-hydrogen) atoms. The number of benzene rings is 1. The average molecular weight is 294 g/mol. The van der Waals surface area contributed by atoms with Crippen molar-refractivity contribution in [3.8, 4) is 5.75 Å². The number of phenolic OH excluding ortho intramolecular Hbond substituents is 1. The lowest BCUT2D eigenvalue weighted by Gasteiger charge is -2.19. The molecule has 0 aliphatic heterocycles. The number of nitrogens with one attached hydrogen (secondary N) is 1. The van der Waals surface area contributed by atoms with E-state index in [4.69, 9.17) is 10.8 Å². The van der Waals surface area contributed by atoms with Crippen LogP contribution in [0.5, 0.6) is 5.75 Å². The smallest absolute Gasteiger partial charge is 0.326 e. The number of carboxylic acid groups (broad SMARTS) is 1. The van der Waals surface area contributed by atoms with Crippen molar-refractivity contribution in [3.63, 3.8) is 0 Å². The van der Waals surface area contributed by atoms with Crippen LogP contribution in [0.4, 0.5) is 0 Å². The first kappa shape index (κ1) is 17.0. The van der Waals surface area contributed by atoms with Gasteiger partial charge in [0.2, 0.25) is 5.91 Å². The third kappa shape index (κ3) is 5.83. The summed E-state index contributed by atoms with van der Waals surface area (Å²) in [5.74, 6) is -1.26. The molecule has 0 aliphatic carbocycles. The minimum Gasteiger partial charge on any atom is -0.508 e. The van der Waals surface area contributed by atoms with Crippen molar-refractivity contribution in [1.29, 1.82) is 0 Å². The first-order chi connectivity index (χ1) is 9.79. The van der Waals surface area contributed by atoms with Gasteiger partial charge < -0.3 is 21.3 Å². The lowest BCUT2D eigenvalue weighted by molar-refractivity contribution is -0.142. The van der Waals surface area contributed by atoms with E-state index in [2.05, 4.69) is 5.32 Å². The van der Waals surface area contributed by atoms with Gasteiger partial charge in [-0.1, -0.05) is 26.0 Å². The molecule has 1 aromatic carbocycles. The SMILES string of the molecule is CC(C)CC(NC(=O)[C@@H](N)Cc1ccc(O)cc1)C(=O)O. The van der Waals surface area contributed by atoms with Crippen molar-refractivity contribution in [1.82, 2.24) is 5.32 Å². The fraction of sp³-hybridized carbons (Fsp3) is 0.467. The average Bonchev–Trinajstić information content (AvgIpc) is 2.39.